The molecular formula is C23H21BrN2O3. The van der Waals surface area contributed by atoms with Gasteiger partial charge in [-0.1, -0.05) is 22.0 Å². The van der Waals surface area contributed by atoms with Gasteiger partial charge in [-0.15, -0.1) is 0 Å². The summed E-state index contributed by atoms with van der Waals surface area (Å²) in [6.45, 7) is 3.95. The van der Waals surface area contributed by atoms with E-state index in [1.54, 1.807) is 36.4 Å². The molecule has 0 atom stereocenters. The highest BCUT2D eigenvalue weighted by Gasteiger charge is 2.07. The molecule has 0 aliphatic rings. The monoisotopic (exact) mass is 452 g/mol. The van der Waals surface area contributed by atoms with E-state index in [4.69, 9.17) is 4.74 Å². The summed E-state index contributed by atoms with van der Waals surface area (Å²) in [4.78, 5) is 24.3. The smallest absolute Gasteiger partial charge is 0.262 e. The Morgan fingerprint density at radius 2 is 1.45 bits per heavy atom. The van der Waals surface area contributed by atoms with Crippen LogP contribution in [0.1, 0.15) is 21.5 Å². The van der Waals surface area contributed by atoms with Crippen molar-refractivity contribution in [3.8, 4) is 5.75 Å². The molecule has 3 aromatic rings. The maximum Gasteiger partial charge on any atom is 0.262 e. The largest absolute Gasteiger partial charge is 0.484 e. The molecule has 0 saturated carbocycles. The Balaban J connectivity index is 1.51. The van der Waals surface area contributed by atoms with Crippen LogP contribution in [0.25, 0.3) is 0 Å². The van der Waals surface area contributed by atoms with Crippen LogP contribution in [-0.4, -0.2) is 18.4 Å². The zero-order valence-electron chi connectivity index (χ0n) is 16.2. The fraction of sp³-hybridized carbons (Fsp3) is 0.130. The number of carbonyl (C=O) groups excluding carboxylic acids is 2. The highest BCUT2D eigenvalue weighted by molar-refractivity contribution is 9.10. The summed E-state index contributed by atoms with van der Waals surface area (Å²) < 4.78 is 6.45. The van der Waals surface area contributed by atoms with Crippen LogP contribution in [0.3, 0.4) is 0 Å². The third-order valence-corrected chi connectivity index (χ3v) is 4.91. The lowest BCUT2D eigenvalue weighted by Crippen LogP contribution is -2.20. The van der Waals surface area contributed by atoms with Gasteiger partial charge in [0, 0.05) is 21.4 Å². The van der Waals surface area contributed by atoms with Crippen molar-refractivity contribution < 1.29 is 14.3 Å². The van der Waals surface area contributed by atoms with E-state index in [1.807, 2.05) is 44.2 Å². The number of hydrogen-bond donors (Lipinski definition) is 2. The fourth-order valence-corrected chi connectivity index (χ4v) is 2.86. The van der Waals surface area contributed by atoms with Crippen LogP contribution >= 0.6 is 15.9 Å². The number of amides is 2. The molecule has 0 fully saturated rings. The molecule has 0 bridgehead atoms. The minimum Gasteiger partial charge on any atom is -0.484 e. The Bertz CT molecular complexity index is 1020. The molecule has 0 radical (unpaired) electrons. The van der Waals surface area contributed by atoms with Crippen LogP contribution in [0.4, 0.5) is 11.4 Å². The number of nitrogens with one attached hydrogen (secondary N) is 2. The predicted octanol–water partition coefficient (Wildman–Crippen LogP) is 5.34. The van der Waals surface area contributed by atoms with Gasteiger partial charge in [0.15, 0.2) is 6.61 Å². The first kappa shape index (κ1) is 20.6. The van der Waals surface area contributed by atoms with Crippen LogP contribution in [0, 0.1) is 13.8 Å². The van der Waals surface area contributed by atoms with Gasteiger partial charge < -0.3 is 15.4 Å². The van der Waals surface area contributed by atoms with E-state index in [1.165, 1.54) is 5.56 Å². The maximum absolute atomic E-state index is 12.2. The fourth-order valence-electron chi connectivity index (χ4n) is 2.59. The summed E-state index contributed by atoms with van der Waals surface area (Å²) in [7, 11) is 0. The van der Waals surface area contributed by atoms with Crippen LogP contribution in [-0.2, 0) is 4.79 Å². The summed E-state index contributed by atoms with van der Waals surface area (Å²) in [5.74, 6) is 0.209. The molecule has 6 heteroatoms. The third-order valence-electron chi connectivity index (χ3n) is 4.38. The molecule has 2 N–H and O–H groups in total. The lowest BCUT2D eigenvalue weighted by atomic mass is 10.1. The van der Waals surface area contributed by atoms with Crippen molar-refractivity contribution in [1.82, 2.24) is 0 Å². The van der Waals surface area contributed by atoms with Gasteiger partial charge in [-0.05, 0) is 85.6 Å². The number of aryl methyl sites for hydroxylation is 2. The number of rotatable bonds is 6. The minimum atomic E-state index is -0.255. The van der Waals surface area contributed by atoms with E-state index in [0.29, 0.717) is 22.7 Å². The highest BCUT2D eigenvalue weighted by atomic mass is 79.9. The van der Waals surface area contributed by atoms with E-state index in [0.717, 1.165) is 10.0 Å². The van der Waals surface area contributed by atoms with Crippen molar-refractivity contribution in [2.45, 2.75) is 13.8 Å². The Morgan fingerprint density at radius 3 is 2.07 bits per heavy atom. The average Bonchev–Trinajstić information content (AvgIpc) is 2.71. The highest BCUT2D eigenvalue weighted by Crippen LogP contribution is 2.18. The molecule has 0 saturated heterocycles. The van der Waals surface area contributed by atoms with Crippen molar-refractivity contribution in [2.75, 3.05) is 17.2 Å². The molecule has 0 aliphatic carbocycles. The van der Waals surface area contributed by atoms with Crippen molar-refractivity contribution in [2.24, 2.45) is 0 Å². The van der Waals surface area contributed by atoms with Gasteiger partial charge in [0.05, 0.1) is 0 Å². The van der Waals surface area contributed by atoms with Gasteiger partial charge in [-0.25, -0.2) is 0 Å². The molecule has 3 aromatic carbocycles. The Morgan fingerprint density at radius 1 is 0.828 bits per heavy atom. The number of anilines is 2. The SMILES string of the molecule is Cc1ccc(OCC(=O)Nc2ccc(NC(=O)c3ccc(Br)cc3)cc2)cc1C. The van der Waals surface area contributed by atoms with E-state index in [-0.39, 0.29) is 18.4 Å². The normalized spacial score (nSPS) is 10.3. The van der Waals surface area contributed by atoms with E-state index in [2.05, 4.69) is 26.6 Å². The quantitative estimate of drug-likeness (QED) is 0.530. The molecular weight excluding hydrogens is 432 g/mol. The van der Waals surface area contributed by atoms with Crippen molar-refractivity contribution in [3.63, 3.8) is 0 Å². The number of halogens is 1. The van der Waals surface area contributed by atoms with Gasteiger partial charge in [-0.3, -0.25) is 9.59 Å². The first-order valence-corrected chi connectivity index (χ1v) is 9.87. The van der Waals surface area contributed by atoms with Crippen LogP contribution in [0.2, 0.25) is 0 Å². The second-order valence-electron chi connectivity index (χ2n) is 6.62. The van der Waals surface area contributed by atoms with Crippen molar-refractivity contribution in [3.05, 3.63) is 87.9 Å². The lowest BCUT2D eigenvalue weighted by Gasteiger charge is -2.10. The topological polar surface area (TPSA) is 67.4 Å². The zero-order chi connectivity index (χ0) is 20.8. The molecule has 3 rings (SSSR count). The molecule has 0 spiro atoms. The minimum absolute atomic E-state index is 0.0788. The number of ether oxygens (including phenoxy) is 1. The second kappa shape index (κ2) is 9.39. The van der Waals surface area contributed by atoms with E-state index >= 15 is 0 Å². The van der Waals surface area contributed by atoms with Gasteiger partial charge >= 0.3 is 0 Å². The molecule has 0 aromatic heterocycles. The van der Waals surface area contributed by atoms with Crippen molar-refractivity contribution in [1.29, 1.82) is 0 Å². The van der Waals surface area contributed by atoms with Crippen LogP contribution in [0.15, 0.2) is 71.2 Å². The Kier molecular flexibility index (Phi) is 6.67. The second-order valence-corrected chi connectivity index (χ2v) is 7.54. The molecule has 29 heavy (non-hydrogen) atoms. The number of hydrogen-bond acceptors (Lipinski definition) is 3. The summed E-state index contributed by atoms with van der Waals surface area (Å²) >= 11 is 3.34. The maximum atomic E-state index is 12.2. The predicted molar refractivity (Wildman–Crippen MR) is 119 cm³/mol. The molecule has 0 unspecified atom stereocenters. The molecule has 0 heterocycles. The van der Waals surface area contributed by atoms with Crippen molar-refractivity contribution >= 4 is 39.1 Å². The summed E-state index contributed by atoms with van der Waals surface area (Å²) in [5.41, 5.74) is 4.12. The van der Waals surface area contributed by atoms with Crippen LogP contribution in [0.5, 0.6) is 5.75 Å². The Labute approximate surface area is 178 Å². The zero-order valence-corrected chi connectivity index (χ0v) is 17.7. The number of carbonyl (C=O) groups is 2. The third kappa shape index (κ3) is 5.93. The first-order chi connectivity index (χ1) is 13.9. The summed E-state index contributed by atoms with van der Waals surface area (Å²) in [6, 6.07) is 19.7. The molecule has 2 amide bonds. The van der Waals surface area contributed by atoms with E-state index in [9.17, 15) is 9.59 Å². The van der Waals surface area contributed by atoms with Gasteiger partial charge in [0.25, 0.3) is 11.8 Å². The summed E-state index contributed by atoms with van der Waals surface area (Å²) in [5, 5.41) is 5.60. The van der Waals surface area contributed by atoms with Crippen LogP contribution < -0.4 is 15.4 Å². The number of benzene rings is 3. The Hall–Kier alpha value is -3.12. The lowest BCUT2D eigenvalue weighted by molar-refractivity contribution is -0.118. The van der Waals surface area contributed by atoms with E-state index < -0.39 is 0 Å². The van der Waals surface area contributed by atoms with Gasteiger partial charge in [0.1, 0.15) is 5.75 Å². The molecule has 5 nitrogen and oxygen atoms in total. The first-order valence-electron chi connectivity index (χ1n) is 9.07. The van der Waals surface area contributed by atoms with Gasteiger partial charge in [-0.2, -0.15) is 0 Å². The average molecular weight is 453 g/mol. The van der Waals surface area contributed by atoms with Gasteiger partial charge in [0.2, 0.25) is 0 Å². The molecule has 0 aliphatic heterocycles. The molecule has 148 valence electrons. The summed E-state index contributed by atoms with van der Waals surface area (Å²) in [6.07, 6.45) is 0. The standard InChI is InChI=1S/C23H21BrN2O3/c1-15-3-12-21(13-16(15)2)29-14-22(27)25-19-8-10-20(11-9-19)26-23(28)17-4-6-18(24)7-5-17/h3-13H,14H2,1-2H3,(H,25,27)(H,26,28).